The predicted molar refractivity (Wildman–Crippen MR) is 134 cm³/mol. The van der Waals surface area contributed by atoms with Gasteiger partial charge in [-0.2, -0.15) is 0 Å². The Morgan fingerprint density at radius 1 is 1.09 bits per heavy atom. The zero-order chi connectivity index (χ0) is 23.9. The Kier molecular flexibility index (Phi) is 7.30. The summed E-state index contributed by atoms with van der Waals surface area (Å²) in [4.78, 5) is 29.4. The number of fused-ring (bicyclic) bond motifs is 1. The fourth-order valence-electron chi connectivity index (χ4n) is 3.79. The molecule has 1 aliphatic rings. The van der Waals surface area contributed by atoms with Gasteiger partial charge in [0.15, 0.2) is 0 Å². The summed E-state index contributed by atoms with van der Waals surface area (Å²) in [6.07, 6.45) is 12.9. The number of nitrogens with one attached hydrogen (secondary N) is 1. The van der Waals surface area contributed by atoms with Crippen LogP contribution >= 0.6 is 0 Å². The molecule has 0 bridgehead atoms. The second-order valence-electron chi connectivity index (χ2n) is 8.26. The van der Waals surface area contributed by atoms with Crippen molar-refractivity contribution in [1.82, 2.24) is 4.98 Å². The number of hydrogen-bond donors (Lipinski definition) is 2. The maximum atomic E-state index is 12.9. The summed E-state index contributed by atoms with van der Waals surface area (Å²) in [6, 6.07) is 15.0. The van der Waals surface area contributed by atoms with E-state index in [4.69, 9.17) is 10.5 Å². The van der Waals surface area contributed by atoms with E-state index in [0.29, 0.717) is 11.3 Å². The molecule has 2 atom stereocenters. The van der Waals surface area contributed by atoms with Crippen LogP contribution in [0.4, 0.5) is 5.69 Å². The van der Waals surface area contributed by atoms with E-state index >= 15 is 0 Å². The maximum Gasteiger partial charge on any atom is 0.338 e. The van der Waals surface area contributed by atoms with Crippen LogP contribution in [-0.2, 0) is 20.9 Å². The molecule has 1 aromatic heterocycles. The Morgan fingerprint density at radius 3 is 2.71 bits per heavy atom. The molecule has 2 aromatic carbocycles. The molecule has 3 aromatic rings. The van der Waals surface area contributed by atoms with Crippen molar-refractivity contribution in [2.45, 2.75) is 19.4 Å². The third-order valence-electron chi connectivity index (χ3n) is 5.69. The molecule has 0 fully saturated rings. The van der Waals surface area contributed by atoms with Crippen molar-refractivity contribution in [2.75, 3.05) is 11.9 Å². The van der Waals surface area contributed by atoms with E-state index in [2.05, 4.69) is 10.3 Å². The van der Waals surface area contributed by atoms with Crippen molar-refractivity contribution in [3.63, 3.8) is 0 Å². The topological polar surface area (TPSA) is 94.3 Å². The number of hydrogen-bond acceptors (Lipinski definition) is 5. The van der Waals surface area contributed by atoms with Crippen LogP contribution in [0.1, 0.15) is 24.0 Å². The Labute approximate surface area is 198 Å². The number of nitrogens with two attached hydrogens (primary N) is 1. The molecule has 1 heterocycles. The van der Waals surface area contributed by atoms with Crippen LogP contribution in [0.3, 0.4) is 0 Å². The van der Waals surface area contributed by atoms with Crippen LogP contribution in [0.25, 0.3) is 10.8 Å². The van der Waals surface area contributed by atoms with Gasteiger partial charge in [0.2, 0.25) is 5.91 Å². The molecule has 0 saturated carbocycles. The highest BCUT2D eigenvalue weighted by molar-refractivity contribution is 5.98. The second kappa shape index (κ2) is 10.7. The number of esters is 1. The molecule has 0 saturated heterocycles. The van der Waals surface area contributed by atoms with Gasteiger partial charge < -0.3 is 15.8 Å². The molecular formula is C28H27N3O3. The monoisotopic (exact) mass is 453 g/mol. The zero-order valence-electron chi connectivity index (χ0n) is 19.0. The minimum absolute atomic E-state index is 0.150. The van der Waals surface area contributed by atoms with Gasteiger partial charge in [0.05, 0.1) is 11.5 Å². The molecule has 34 heavy (non-hydrogen) atoms. The summed E-state index contributed by atoms with van der Waals surface area (Å²) in [5, 5.41) is 4.96. The third-order valence-corrected chi connectivity index (χ3v) is 5.69. The van der Waals surface area contributed by atoms with Crippen molar-refractivity contribution >= 4 is 28.3 Å². The molecule has 1 amide bonds. The molecule has 0 aliphatic heterocycles. The Bertz CT molecular complexity index is 1280. The first-order valence-electron chi connectivity index (χ1n) is 11.2. The highest BCUT2D eigenvalue weighted by Crippen LogP contribution is 2.22. The average Bonchev–Trinajstić information content (AvgIpc) is 3.08. The van der Waals surface area contributed by atoms with Crippen molar-refractivity contribution in [2.24, 2.45) is 11.7 Å². The minimum Gasteiger partial charge on any atom is -0.457 e. The standard InChI is InChI=1S/C28H27N3O3/c1-19-4-2-3-5-23(14-19)28(33)34-18-20-6-8-21(9-7-20)26(16-29)27(32)31-25-11-10-24-17-30-13-12-22(24)15-25/h2-15,17,19,26H,16,18,29H2,1H3,(H,31,32)/t19?,26-/m0/s1. The number of allylic oxidation sites excluding steroid dienone is 4. The van der Waals surface area contributed by atoms with Crippen LogP contribution in [0, 0.1) is 5.92 Å². The van der Waals surface area contributed by atoms with Crippen LogP contribution in [-0.4, -0.2) is 23.4 Å². The third kappa shape index (κ3) is 5.66. The zero-order valence-corrected chi connectivity index (χ0v) is 19.0. The number of anilines is 1. The first kappa shape index (κ1) is 23.1. The minimum atomic E-state index is -0.500. The number of carbonyl (C=O) groups excluding carboxylic acids is 2. The molecule has 0 spiro atoms. The number of ether oxygens (including phenoxy) is 1. The summed E-state index contributed by atoms with van der Waals surface area (Å²) in [7, 11) is 0. The molecule has 1 aliphatic carbocycles. The SMILES string of the molecule is CC1C=CC=CC(C(=O)OCc2ccc([C@H](CN)C(=O)Nc3ccc4cnccc4c3)cc2)=C1. The van der Waals surface area contributed by atoms with E-state index in [1.165, 1.54) is 0 Å². The molecule has 4 rings (SSSR count). The number of rotatable bonds is 7. The Hall–Kier alpha value is -4.03. The molecule has 172 valence electrons. The molecular weight excluding hydrogens is 426 g/mol. The van der Waals surface area contributed by atoms with Crippen LogP contribution in [0.15, 0.2) is 96.9 Å². The highest BCUT2D eigenvalue weighted by atomic mass is 16.5. The van der Waals surface area contributed by atoms with Gasteiger partial charge in [-0.15, -0.1) is 0 Å². The van der Waals surface area contributed by atoms with Gasteiger partial charge in [-0.25, -0.2) is 4.79 Å². The van der Waals surface area contributed by atoms with E-state index < -0.39 is 5.92 Å². The summed E-state index contributed by atoms with van der Waals surface area (Å²) >= 11 is 0. The van der Waals surface area contributed by atoms with E-state index in [9.17, 15) is 9.59 Å². The predicted octanol–water partition coefficient (Wildman–Crippen LogP) is 4.65. The fraction of sp³-hybridized carbons (Fsp3) is 0.179. The van der Waals surface area contributed by atoms with E-state index in [1.807, 2.05) is 79.8 Å². The fourth-order valence-corrected chi connectivity index (χ4v) is 3.79. The van der Waals surface area contributed by atoms with Gasteiger partial charge in [0.1, 0.15) is 6.61 Å². The second-order valence-corrected chi connectivity index (χ2v) is 8.26. The number of aromatic nitrogens is 1. The molecule has 1 unspecified atom stereocenters. The van der Waals surface area contributed by atoms with E-state index in [1.54, 1.807) is 18.5 Å². The molecule has 6 nitrogen and oxygen atoms in total. The smallest absolute Gasteiger partial charge is 0.338 e. The van der Waals surface area contributed by atoms with Gasteiger partial charge in [0.25, 0.3) is 0 Å². The van der Waals surface area contributed by atoms with E-state index in [-0.39, 0.29) is 30.9 Å². The van der Waals surface area contributed by atoms with Crippen molar-refractivity contribution < 1.29 is 14.3 Å². The van der Waals surface area contributed by atoms with Gasteiger partial charge in [-0.05, 0) is 46.7 Å². The Morgan fingerprint density at radius 2 is 1.91 bits per heavy atom. The van der Waals surface area contributed by atoms with Crippen LogP contribution < -0.4 is 11.1 Å². The lowest BCUT2D eigenvalue weighted by atomic mass is 9.97. The highest BCUT2D eigenvalue weighted by Gasteiger charge is 2.19. The lowest BCUT2D eigenvalue weighted by molar-refractivity contribution is -0.139. The summed E-state index contributed by atoms with van der Waals surface area (Å²) in [5.41, 5.74) is 8.82. The average molecular weight is 454 g/mol. The normalized spacial score (nSPS) is 15.9. The van der Waals surface area contributed by atoms with Crippen LogP contribution in [0.5, 0.6) is 0 Å². The number of pyridine rings is 1. The lowest BCUT2D eigenvalue weighted by Crippen LogP contribution is -2.27. The summed E-state index contributed by atoms with van der Waals surface area (Å²) in [5.74, 6) is -0.867. The van der Waals surface area contributed by atoms with E-state index in [0.717, 1.165) is 21.9 Å². The number of amides is 1. The Balaban J connectivity index is 1.38. The van der Waals surface area contributed by atoms with Crippen molar-refractivity contribution in [3.8, 4) is 0 Å². The largest absolute Gasteiger partial charge is 0.457 e. The van der Waals surface area contributed by atoms with Gasteiger partial charge in [-0.1, -0.05) is 61.6 Å². The van der Waals surface area contributed by atoms with Gasteiger partial charge in [-0.3, -0.25) is 9.78 Å². The molecule has 3 N–H and O–H groups in total. The first-order chi connectivity index (χ1) is 16.5. The number of benzene rings is 2. The maximum absolute atomic E-state index is 12.9. The van der Waals surface area contributed by atoms with Gasteiger partial charge in [0, 0.05) is 30.0 Å². The quantitative estimate of drug-likeness (QED) is 0.508. The first-order valence-corrected chi connectivity index (χ1v) is 11.2. The van der Waals surface area contributed by atoms with Crippen LogP contribution in [0.2, 0.25) is 0 Å². The lowest BCUT2D eigenvalue weighted by Gasteiger charge is -2.16. The van der Waals surface area contributed by atoms with Crippen molar-refractivity contribution in [3.05, 3.63) is 108 Å². The summed E-state index contributed by atoms with van der Waals surface area (Å²) in [6.45, 7) is 2.33. The molecule has 0 radical (unpaired) electrons. The number of nitrogens with zero attached hydrogens (tertiary/aromatic N) is 1. The molecule has 6 heteroatoms. The van der Waals surface area contributed by atoms with Crippen molar-refractivity contribution in [1.29, 1.82) is 0 Å². The van der Waals surface area contributed by atoms with Gasteiger partial charge >= 0.3 is 5.97 Å². The number of carbonyl (C=O) groups is 2. The summed E-state index contributed by atoms with van der Waals surface area (Å²) < 4.78 is 5.47.